The van der Waals surface area contributed by atoms with Gasteiger partial charge in [0.15, 0.2) is 5.76 Å². The molecule has 0 aliphatic heterocycles. The van der Waals surface area contributed by atoms with E-state index in [9.17, 15) is 8.42 Å². The molecule has 0 fully saturated rings. The lowest BCUT2D eigenvalue weighted by Crippen LogP contribution is -2.24. The second kappa shape index (κ2) is 6.81. The molecule has 3 rings (SSSR count). The van der Waals surface area contributed by atoms with Crippen LogP contribution in [-0.4, -0.2) is 25.5 Å². The summed E-state index contributed by atoms with van der Waals surface area (Å²) in [4.78, 5) is 8.54. The van der Waals surface area contributed by atoms with Crippen molar-refractivity contribution in [3.8, 4) is 17.2 Å². The molecule has 0 aliphatic rings. The molecule has 7 nitrogen and oxygen atoms in total. The number of benzene rings is 1. The van der Waals surface area contributed by atoms with Crippen LogP contribution in [0, 0.1) is 0 Å². The molecule has 0 spiro atoms. The number of rotatable bonds is 6. The molecular weight excluding hydrogens is 330 g/mol. The monoisotopic (exact) mass is 345 g/mol. The van der Waals surface area contributed by atoms with Crippen molar-refractivity contribution < 1.29 is 17.6 Å². The van der Waals surface area contributed by atoms with Crippen LogP contribution in [0.2, 0.25) is 0 Å². The van der Waals surface area contributed by atoms with Crippen LogP contribution in [0.15, 0.2) is 64.4 Å². The SMILES string of the molecule is COc1ccc(S(=O)(=O)NCc2nccnc2-c2ccco2)cc1. The van der Waals surface area contributed by atoms with Gasteiger partial charge < -0.3 is 9.15 Å². The third-order valence-electron chi connectivity index (χ3n) is 3.33. The van der Waals surface area contributed by atoms with E-state index in [1.165, 1.54) is 37.9 Å². The van der Waals surface area contributed by atoms with Gasteiger partial charge in [-0.25, -0.2) is 18.1 Å². The van der Waals surface area contributed by atoms with Gasteiger partial charge in [-0.1, -0.05) is 0 Å². The van der Waals surface area contributed by atoms with Gasteiger partial charge in [0, 0.05) is 12.4 Å². The zero-order valence-electron chi connectivity index (χ0n) is 12.8. The largest absolute Gasteiger partial charge is 0.497 e. The third kappa shape index (κ3) is 3.44. The summed E-state index contributed by atoms with van der Waals surface area (Å²) in [5.74, 6) is 1.12. The van der Waals surface area contributed by atoms with Crippen molar-refractivity contribution in [1.82, 2.24) is 14.7 Å². The van der Waals surface area contributed by atoms with Crippen LogP contribution in [0.1, 0.15) is 5.69 Å². The highest BCUT2D eigenvalue weighted by molar-refractivity contribution is 7.89. The maximum atomic E-state index is 12.4. The van der Waals surface area contributed by atoms with Crippen LogP contribution in [0.5, 0.6) is 5.75 Å². The van der Waals surface area contributed by atoms with Crippen LogP contribution in [-0.2, 0) is 16.6 Å². The van der Waals surface area contributed by atoms with E-state index in [2.05, 4.69) is 14.7 Å². The van der Waals surface area contributed by atoms with Crippen LogP contribution in [0.3, 0.4) is 0 Å². The van der Waals surface area contributed by atoms with Crippen molar-refractivity contribution in [2.24, 2.45) is 0 Å². The van der Waals surface area contributed by atoms with Crippen LogP contribution in [0.25, 0.3) is 11.5 Å². The summed E-state index contributed by atoms with van der Waals surface area (Å²) >= 11 is 0. The maximum absolute atomic E-state index is 12.4. The van der Waals surface area contributed by atoms with Crippen molar-refractivity contribution in [2.45, 2.75) is 11.4 Å². The molecule has 124 valence electrons. The van der Waals surface area contributed by atoms with Crippen molar-refractivity contribution in [1.29, 1.82) is 0 Å². The second-order valence-electron chi connectivity index (χ2n) is 4.83. The number of nitrogens with one attached hydrogen (secondary N) is 1. The van der Waals surface area contributed by atoms with Crippen LogP contribution in [0.4, 0.5) is 0 Å². The van der Waals surface area contributed by atoms with E-state index in [0.29, 0.717) is 22.9 Å². The number of nitrogens with zero attached hydrogens (tertiary/aromatic N) is 2. The number of sulfonamides is 1. The molecule has 2 aromatic heterocycles. The molecule has 24 heavy (non-hydrogen) atoms. The van der Waals surface area contributed by atoms with Gasteiger partial charge in [-0.3, -0.25) is 4.98 Å². The van der Waals surface area contributed by atoms with Crippen molar-refractivity contribution in [3.63, 3.8) is 0 Å². The molecule has 0 saturated carbocycles. The molecule has 0 atom stereocenters. The van der Waals surface area contributed by atoms with Gasteiger partial charge in [-0.15, -0.1) is 0 Å². The summed E-state index contributed by atoms with van der Waals surface area (Å²) in [5, 5.41) is 0. The molecule has 0 bridgehead atoms. The Morgan fingerprint density at radius 2 is 1.88 bits per heavy atom. The number of ether oxygens (including phenoxy) is 1. The average molecular weight is 345 g/mol. The highest BCUT2D eigenvalue weighted by atomic mass is 32.2. The van der Waals surface area contributed by atoms with E-state index in [-0.39, 0.29) is 11.4 Å². The van der Waals surface area contributed by atoms with Gasteiger partial charge in [-0.2, -0.15) is 0 Å². The molecular formula is C16H15N3O4S. The first kappa shape index (κ1) is 16.2. The Labute approximate surface area is 139 Å². The van der Waals surface area contributed by atoms with Crippen molar-refractivity contribution in [3.05, 3.63) is 60.7 Å². The lowest BCUT2D eigenvalue weighted by atomic mass is 10.2. The Balaban J connectivity index is 1.80. The van der Waals surface area contributed by atoms with Crippen LogP contribution < -0.4 is 9.46 Å². The number of aromatic nitrogens is 2. The number of furan rings is 1. The van der Waals surface area contributed by atoms with Crippen molar-refractivity contribution in [2.75, 3.05) is 7.11 Å². The highest BCUT2D eigenvalue weighted by Crippen LogP contribution is 2.21. The van der Waals surface area contributed by atoms with Crippen LogP contribution >= 0.6 is 0 Å². The van der Waals surface area contributed by atoms with E-state index in [1.807, 2.05) is 0 Å². The summed E-state index contributed by atoms with van der Waals surface area (Å²) in [7, 11) is -2.15. The Morgan fingerprint density at radius 3 is 2.54 bits per heavy atom. The fourth-order valence-electron chi connectivity index (χ4n) is 2.12. The van der Waals surface area contributed by atoms with E-state index in [1.54, 1.807) is 24.3 Å². The lowest BCUT2D eigenvalue weighted by Gasteiger charge is -2.09. The van der Waals surface area contributed by atoms with Crippen molar-refractivity contribution >= 4 is 10.0 Å². The minimum absolute atomic E-state index is 0.00175. The minimum Gasteiger partial charge on any atom is -0.497 e. The molecule has 3 aromatic rings. The van der Waals surface area contributed by atoms with Gasteiger partial charge in [0.1, 0.15) is 11.4 Å². The van der Waals surface area contributed by atoms with Gasteiger partial charge >= 0.3 is 0 Å². The second-order valence-corrected chi connectivity index (χ2v) is 6.60. The first-order chi connectivity index (χ1) is 11.6. The molecule has 0 saturated heterocycles. The predicted octanol–water partition coefficient (Wildman–Crippen LogP) is 2.22. The smallest absolute Gasteiger partial charge is 0.240 e. The van der Waals surface area contributed by atoms with E-state index in [4.69, 9.17) is 9.15 Å². The number of hydrogen-bond donors (Lipinski definition) is 1. The molecule has 0 unspecified atom stereocenters. The molecule has 0 radical (unpaired) electrons. The summed E-state index contributed by atoms with van der Waals surface area (Å²) in [6.45, 7) is -0.00175. The van der Waals surface area contributed by atoms with E-state index < -0.39 is 10.0 Å². The molecule has 8 heteroatoms. The molecule has 1 aromatic carbocycles. The zero-order chi connectivity index (χ0) is 17.0. The topological polar surface area (TPSA) is 94.3 Å². The Bertz CT molecular complexity index is 907. The molecule has 0 amide bonds. The fraction of sp³-hybridized carbons (Fsp3) is 0.125. The first-order valence-electron chi connectivity index (χ1n) is 7.07. The average Bonchev–Trinajstić information content (AvgIpc) is 3.15. The lowest BCUT2D eigenvalue weighted by molar-refractivity contribution is 0.414. The summed E-state index contributed by atoms with van der Waals surface area (Å²) in [6, 6.07) is 9.60. The summed E-state index contributed by atoms with van der Waals surface area (Å²) in [5.41, 5.74) is 0.976. The number of hydrogen-bond acceptors (Lipinski definition) is 6. The predicted molar refractivity (Wildman–Crippen MR) is 86.8 cm³/mol. The quantitative estimate of drug-likeness (QED) is 0.736. The summed E-state index contributed by atoms with van der Waals surface area (Å²) in [6.07, 6.45) is 4.55. The Kier molecular flexibility index (Phi) is 4.59. The third-order valence-corrected chi connectivity index (χ3v) is 4.75. The van der Waals surface area contributed by atoms with Gasteiger partial charge in [0.25, 0.3) is 0 Å². The van der Waals surface area contributed by atoms with E-state index in [0.717, 1.165) is 0 Å². The van der Waals surface area contributed by atoms with Gasteiger partial charge in [0.05, 0.1) is 30.5 Å². The molecule has 0 aliphatic carbocycles. The van der Waals surface area contributed by atoms with Gasteiger partial charge in [0.2, 0.25) is 10.0 Å². The fourth-order valence-corrected chi connectivity index (χ4v) is 3.10. The zero-order valence-corrected chi connectivity index (χ0v) is 13.7. The Hall–Kier alpha value is -2.71. The van der Waals surface area contributed by atoms with Gasteiger partial charge in [-0.05, 0) is 36.4 Å². The Morgan fingerprint density at radius 1 is 1.12 bits per heavy atom. The molecule has 1 N–H and O–H groups in total. The molecule has 2 heterocycles. The maximum Gasteiger partial charge on any atom is 0.240 e. The standard InChI is InChI=1S/C16H15N3O4S/c1-22-12-4-6-13(7-5-12)24(20,21)19-11-14-16(18-9-8-17-14)15-3-2-10-23-15/h2-10,19H,11H2,1H3. The number of methoxy groups -OCH3 is 1. The van der Waals surface area contributed by atoms with E-state index >= 15 is 0 Å². The first-order valence-corrected chi connectivity index (χ1v) is 8.56. The normalized spacial score (nSPS) is 11.4. The summed E-state index contributed by atoms with van der Waals surface area (Å²) < 4.78 is 37.6. The minimum atomic E-state index is -3.67. The highest BCUT2D eigenvalue weighted by Gasteiger charge is 2.17.